The van der Waals surface area contributed by atoms with E-state index in [0.717, 1.165) is 6.08 Å². The topological polar surface area (TPSA) is 154 Å². The van der Waals surface area contributed by atoms with Gasteiger partial charge in [0, 0.05) is 6.92 Å². The third-order valence-electron chi connectivity index (χ3n) is 3.07. The van der Waals surface area contributed by atoms with E-state index < -0.39 is 48.0 Å². The number of carboxylic acids is 1. The Balaban J connectivity index is 3.23. The molecule has 0 saturated heterocycles. The zero-order valence-corrected chi connectivity index (χ0v) is 12.6. The summed E-state index contributed by atoms with van der Waals surface area (Å²) in [5, 5.41) is 31.5. The summed E-state index contributed by atoms with van der Waals surface area (Å²) in [6.07, 6.45) is -2.45. The van der Waals surface area contributed by atoms with Crippen molar-refractivity contribution in [3.8, 4) is 0 Å². The molecule has 0 aliphatic carbocycles. The number of amides is 1. The smallest absolute Gasteiger partial charge is 0.370 e. The Morgan fingerprint density at radius 3 is 2.45 bits per heavy atom. The summed E-state index contributed by atoms with van der Waals surface area (Å²) in [6, 6.07) is -1.93. The number of rotatable bonds is 5. The molecule has 0 aromatic carbocycles. The molecular weight excluding hydrogens is 294 g/mol. The van der Waals surface area contributed by atoms with E-state index in [1.165, 1.54) is 20.8 Å². The number of carbonyl (C=O) groups excluding carboxylic acids is 1. The van der Waals surface area contributed by atoms with Crippen molar-refractivity contribution in [3.63, 3.8) is 0 Å². The normalized spacial score (nSPS) is 28.1. The summed E-state index contributed by atoms with van der Waals surface area (Å²) in [4.78, 5) is 26.4. The maximum Gasteiger partial charge on any atom is 0.370 e. The van der Waals surface area contributed by atoms with Gasteiger partial charge in [-0.1, -0.05) is 0 Å². The molecule has 9 heteroatoms. The Hall–Kier alpha value is -2.13. The average molecular weight is 315 g/mol. The van der Waals surface area contributed by atoms with Crippen LogP contribution in [-0.4, -0.2) is 63.4 Å². The lowest BCUT2D eigenvalue weighted by Crippen LogP contribution is -2.59. The summed E-state index contributed by atoms with van der Waals surface area (Å²) in [6.45, 7) is 4.17. The van der Waals surface area contributed by atoms with E-state index >= 15 is 0 Å². The number of amidine groups is 1. The number of carbonyl (C=O) groups is 2. The first kappa shape index (κ1) is 17.9. The van der Waals surface area contributed by atoms with Crippen LogP contribution in [0.2, 0.25) is 0 Å². The van der Waals surface area contributed by atoms with Gasteiger partial charge in [-0.2, -0.15) is 0 Å². The molecule has 1 heterocycles. The number of nitrogens with two attached hydrogens (primary N) is 1. The SMILES string of the molecule is CC(=O)N[C@H]1[C@@H]([C@@H](N=C(C)N)[C@H](C)O)OC(C(=O)O)=C[C@H]1O. The van der Waals surface area contributed by atoms with E-state index in [-0.39, 0.29) is 5.84 Å². The molecule has 1 rings (SSSR count). The Kier molecular flexibility index (Phi) is 5.89. The van der Waals surface area contributed by atoms with Crippen LogP contribution in [0.1, 0.15) is 20.8 Å². The van der Waals surface area contributed by atoms with Crippen LogP contribution in [-0.2, 0) is 14.3 Å². The Bertz CT molecular complexity index is 498. The lowest BCUT2D eigenvalue weighted by atomic mass is 9.92. The number of nitrogens with one attached hydrogen (secondary N) is 1. The van der Waals surface area contributed by atoms with Crippen molar-refractivity contribution in [2.45, 2.75) is 51.2 Å². The van der Waals surface area contributed by atoms with E-state index in [4.69, 9.17) is 15.6 Å². The minimum atomic E-state index is -1.37. The number of hydrogen-bond donors (Lipinski definition) is 5. The first-order chi connectivity index (χ1) is 10.1. The van der Waals surface area contributed by atoms with Gasteiger partial charge in [-0.05, 0) is 19.9 Å². The van der Waals surface area contributed by atoms with Gasteiger partial charge in [0.25, 0.3) is 0 Å². The van der Waals surface area contributed by atoms with Gasteiger partial charge in [-0.25, -0.2) is 4.79 Å². The second-order valence-electron chi connectivity index (χ2n) is 5.14. The molecular formula is C13H21N3O6. The van der Waals surface area contributed by atoms with Crippen LogP contribution in [0.3, 0.4) is 0 Å². The summed E-state index contributed by atoms with van der Waals surface area (Å²) in [5.41, 5.74) is 5.52. The third-order valence-corrected chi connectivity index (χ3v) is 3.07. The van der Waals surface area contributed by atoms with E-state index in [0.29, 0.717) is 0 Å². The van der Waals surface area contributed by atoms with Gasteiger partial charge >= 0.3 is 5.97 Å². The Morgan fingerprint density at radius 2 is 2.05 bits per heavy atom. The molecule has 0 unspecified atom stereocenters. The molecule has 0 spiro atoms. The number of nitrogens with zero attached hydrogens (tertiary/aromatic N) is 1. The van der Waals surface area contributed by atoms with Crippen LogP contribution >= 0.6 is 0 Å². The van der Waals surface area contributed by atoms with Gasteiger partial charge in [0.15, 0.2) is 0 Å². The van der Waals surface area contributed by atoms with Crippen molar-refractivity contribution >= 4 is 17.7 Å². The zero-order chi connectivity index (χ0) is 17.0. The summed E-state index contributed by atoms with van der Waals surface area (Å²) in [7, 11) is 0. The second-order valence-corrected chi connectivity index (χ2v) is 5.14. The third kappa shape index (κ3) is 4.43. The second kappa shape index (κ2) is 7.23. The van der Waals surface area contributed by atoms with Gasteiger partial charge in [0.05, 0.1) is 18.0 Å². The molecule has 124 valence electrons. The molecule has 5 atom stereocenters. The van der Waals surface area contributed by atoms with Crippen LogP contribution in [0.5, 0.6) is 0 Å². The van der Waals surface area contributed by atoms with Crippen LogP contribution in [0, 0.1) is 0 Å². The highest BCUT2D eigenvalue weighted by Crippen LogP contribution is 2.24. The summed E-state index contributed by atoms with van der Waals surface area (Å²) in [5.74, 6) is -2.14. The van der Waals surface area contributed by atoms with Crippen LogP contribution in [0.25, 0.3) is 0 Å². The quantitative estimate of drug-likeness (QED) is 0.300. The lowest BCUT2D eigenvalue weighted by Gasteiger charge is -2.38. The van der Waals surface area contributed by atoms with Crippen LogP contribution in [0.15, 0.2) is 16.8 Å². The van der Waals surface area contributed by atoms with Crippen molar-refractivity contribution in [2.24, 2.45) is 10.7 Å². The standard InChI is InChI=1S/C13H21N3O6/c1-5(17)10(15-6(2)14)12-11(16-7(3)18)8(19)4-9(22-12)13(20)21/h4-5,8,10-12,17,19H,1-3H3,(H2,14,15)(H,16,18)(H,20,21)/t5-,8+,10-,11+,12+/m0/s1. The molecule has 0 aromatic rings. The van der Waals surface area contributed by atoms with Crippen molar-refractivity contribution in [1.82, 2.24) is 5.32 Å². The molecule has 0 fully saturated rings. The highest BCUT2D eigenvalue weighted by molar-refractivity contribution is 5.84. The zero-order valence-electron chi connectivity index (χ0n) is 12.6. The van der Waals surface area contributed by atoms with Crippen molar-refractivity contribution in [2.75, 3.05) is 0 Å². The molecule has 0 radical (unpaired) electrons. The van der Waals surface area contributed by atoms with Crippen molar-refractivity contribution in [1.29, 1.82) is 0 Å². The minimum Gasteiger partial charge on any atom is -0.479 e. The van der Waals surface area contributed by atoms with E-state index in [2.05, 4.69) is 10.3 Å². The Morgan fingerprint density at radius 1 is 1.45 bits per heavy atom. The molecule has 6 N–H and O–H groups in total. The number of aliphatic carboxylic acids is 1. The van der Waals surface area contributed by atoms with E-state index in [9.17, 15) is 19.8 Å². The fourth-order valence-corrected chi connectivity index (χ4v) is 2.21. The van der Waals surface area contributed by atoms with Gasteiger partial charge < -0.3 is 31.1 Å². The van der Waals surface area contributed by atoms with Crippen LogP contribution < -0.4 is 11.1 Å². The van der Waals surface area contributed by atoms with E-state index in [1.54, 1.807) is 0 Å². The maximum atomic E-state index is 11.3. The minimum absolute atomic E-state index is 0.150. The first-order valence-electron chi connectivity index (χ1n) is 6.68. The molecule has 1 aliphatic rings. The number of aliphatic imine (C=N–C) groups is 1. The Labute approximate surface area is 127 Å². The fourth-order valence-electron chi connectivity index (χ4n) is 2.21. The average Bonchev–Trinajstić information content (AvgIpc) is 2.37. The predicted molar refractivity (Wildman–Crippen MR) is 77.0 cm³/mol. The molecule has 1 aliphatic heterocycles. The predicted octanol–water partition coefficient (Wildman–Crippen LogP) is -1.65. The maximum absolute atomic E-state index is 11.3. The number of carboxylic acid groups (broad SMARTS) is 1. The summed E-state index contributed by atoms with van der Waals surface area (Å²) >= 11 is 0. The van der Waals surface area contributed by atoms with Gasteiger partial charge in [0.1, 0.15) is 18.2 Å². The monoisotopic (exact) mass is 315 g/mol. The molecule has 22 heavy (non-hydrogen) atoms. The number of ether oxygens (including phenoxy) is 1. The van der Waals surface area contributed by atoms with Gasteiger partial charge in [-0.15, -0.1) is 0 Å². The molecule has 0 aromatic heterocycles. The molecule has 0 saturated carbocycles. The number of hydrogen-bond acceptors (Lipinski definition) is 6. The largest absolute Gasteiger partial charge is 0.479 e. The highest BCUT2D eigenvalue weighted by Gasteiger charge is 2.42. The molecule has 9 nitrogen and oxygen atoms in total. The first-order valence-corrected chi connectivity index (χ1v) is 6.68. The fraction of sp³-hybridized carbons (Fsp3) is 0.615. The van der Waals surface area contributed by atoms with Crippen molar-refractivity contribution < 1.29 is 29.6 Å². The van der Waals surface area contributed by atoms with Crippen LogP contribution in [0.4, 0.5) is 0 Å². The van der Waals surface area contributed by atoms with Gasteiger partial charge in [-0.3, -0.25) is 9.79 Å². The van der Waals surface area contributed by atoms with Crippen molar-refractivity contribution in [3.05, 3.63) is 11.8 Å². The molecule has 0 bridgehead atoms. The highest BCUT2D eigenvalue weighted by atomic mass is 16.5. The lowest BCUT2D eigenvalue weighted by molar-refractivity contribution is -0.141. The molecule has 1 amide bonds. The number of aliphatic hydroxyl groups excluding tert-OH is 2. The summed E-state index contributed by atoms with van der Waals surface area (Å²) < 4.78 is 5.32. The van der Waals surface area contributed by atoms with Gasteiger partial charge in [0.2, 0.25) is 11.7 Å². The number of aliphatic hydroxyl groups is 2. The van der Waals surface area contributed by atoms with E-state index in [1.807, 2.05) is 0 Å².